The Morgan fingerprint density at radius 1 is 1.29 bits per heavy atom. The van der Waals surface area contributed by atoms with E-state index in [0.29, 0.717) is 32.8 Å². The van der Waals surface area contributed by atoms with Gasteiger partial charge in [-0.2, -0.15) is 0 Å². The predicted molar refractivity (Wildman–Crippen MR) is 90.3 cm³/mol. The fourth-order valence-electron chi connectivity index (χ4n) is 3.72. The molecule has 7 nitrogen and oxygen atoms in total. The summed E-state index contributed by atoms with van der Waals surface area (Å²) in [5.41, 5.74) is 0.910. The van der Waals surface area contributed by atoms with E-state index in [1.165, 1.54) is 0 Å². The first kappa shape index (κ1) is 19.1. The van der Waals surface area contributed by atoms with Gasteiger partial charge in [-0.25, -0.2) is 0 Å². The molecule has 24 heavy (non-hydrogen) atoms. The van der Waals surface area contributed by atoms with Gasteiger partial charge in [0.2, 0.25) is 11.8 Å². The second kappa shape index (κ2) is 8.78. The zero-order valence-corrected chi connectivity index (χ0v) is 15.0. The van der Waals surface area contributed by atoms with E-state index in [2.05, 4.69) is 4.90 Å². The first-order valence-corrected chi connectivity index (χ1v) is 8.98. The van der Waals surface area contributed by atoms with Crippen molar-refractivity contribution in [2.45, 2.75) is 51.9 Å². The van der Waals surface area contributed by atoms with Crippen LogP contribution in [0.3, 0.4) is 0 Å². The van der Waals surface area contributed by atoms with Crippen LogP contribution >= 0.6 is 0 Å². The van der Waals surface area contributed by atoms with Crippen molar-refractivity contribution < 1.29 is 19.1 Å². The first-order valence-electron chi connectivity index (χ1n) is 8.98. The number of hydrogen-bond acceptors (Lipinski definition) is 6. The van der Waals surface area contributed by atoms with Crippen molar-refractivity contribution in [3.8, 4) is 0 Å². The minimum absolute atomic E-state index is 0.0712. The zero-order valence-electron chi connectivity index (χ0n) is 15.0. The van der Waals surface area contributed by atoms with Gasteiger partial charge in [0.25, 0.3) is 0 Å². The normalized spacial score (nSPS) is 26.0. The lowest BCUT2D eigenvalue weighted by molar-refractivity contribution is -0.526. The van der Waals surface area contributed by atoms with E-state index in [1.54, 1.807) is 0 Å². The van der Waals surface area contributed by atoms with Gasteiger partial charge in [0, 0.05) is 43.6 Å². The Labute approximate surface area is 144 Å². The number of hydrogen-bond donors (Lipinski definition) is 0. The lowest BCUT2D eigenvalue weighted by Crippen LogP contribution is -2.47. The average molecular weight is 342 g/mol. The molecule has 2 unspecified atom stereocenters. The molecule has 2 atom stereocenters. The summed E-state index contributed by atoms with van der Waals surface area (Å²) in [5.74, 6) is -0.956. The minimum Gasteiger partial charge on any atom is -0.378 e. The molecule has 1 saturated heterocycles. The molecule has 1 heterocycles. The fraction of sp³-hybridized carbons (Fsp3) is 0.882. The molecule has 2 aliphatic rings. The van der Waals surface area contributed by atoms with Crippen LogP contribution in [-0.2, 0) is 14.2 Å². The van der Waals surface area contributed by atoms with Crippen molar-refractivity contribution in [3.05, 3.63) is 21.9 Å². The smallest absolute Gasteiger partial charge is 0.219 e. The summed E-state index contributed by atoms with van der Waals surface area (Å²) in [6.45, 7) is 9.60. The maximum atomic E-state index is 11.4. The van der Waals surface area contributed by atoms with Crippen LogP contribution in [-0.4, -0.2) is 61.2 Å². The van der Waals surface area contributed by atoms with Crippen LogP contribution in [0.4, 0.5) is 0 Å². The van der Waals surface area contributed by atoms with Gasteiger partial charge in [-0.15, -0.1) is 0 Å². The molecule has 0 aromatic carbocycles. The third kappa shape index (κ3) is 4.46. The van der Waals surface area contributed by atoms with E-state index >= 15 is 0 Å². The molecule has 2 rings (SSSR count). The van der Waals surface area contributed by atoms with Gasteiger partial charge in [0.05, 0.1) is 18.9 Å². The molecule has 0 bridgehead atoms. The first-order chi connectivity index (χ1) is 11.5. The van der Waals surface area contributed by atoms with E-state index in [4.69, 9.17) is 14.2 Å². The van der Waals surface area contributed by atoms with Gasteiger partial charge >= 0.3 is 0 Å². The van der Waals surface area contributed by atoms with Crippen LogP contribution in [0.1, 0.15) is 40.0 Å². The van der Waals surface area contributed by atoms with Crippen LogP contribution in [0.25, 0.3) is 0 Å². The minimum atomic E-state index is -0.884. The van der Waals surface area contributed by atoms with E-state index in [9.17, 15) is 10.1 Å². The van der Waals surface area contributed by atoms with Crippen LogP contribution in [0, 0.1) is 16.0 Å². The fourth-order valence-corrected chi connectivity index (χ4v) is 3.72. The van der Waals surface area contributed by atoms with Crippen LogP contribution in [0.5, 0.6) is 0 Å². The van der Waals surface area contributed by atoms with Crippen molar-refractivity contribution in [2.24, 2.45) is 5.92 Å². The maximum Gasteiger partial charge on any atom is 0.219 e. The SMILES string of the molecule is CCOC(C)(OCC)/C(=C/C1CCCC1[N+](=O)[O-])N1CCOCC1. The molecule has 0 aromatic rings. The highest BCUT2D eigenvalue weighted by molar-refractivity contribution is 5.15. The van der Waals surface area contributed by atoms with Crippen molar-refractivity contribution >= 4 is 0 Å². The summed E-state index contributed by atoms with van der Waals surface area (Å²) in [7, 11) is 0. The molecule has 7 heteroatoms. The third-order valence-electron chi connectivity index (χ3n) is 4.83. The highest BCUT2D eigenvalue weighted by atomic mass is 16.7. The second-order valence-corrected chi connectivity index (χ2v) is 6.41. The molecule has 2 fully saturated rings. The van der Waals surface area contributed by atoms with Gasteiger partial charge in [0.1, 0.15) is 0 Å². The molecule has 0 amide bonds. The number of nitrogens with zero attached hydrogens (tertiary/aromatic N) is 2. The van der Waals surface area contributed by atoms with Crippen molar-refractivity contribution in [1.29, 1.82) is 0 Å². The van der Waals surface area contributed by atoms with Gasteiger partial charge in [-0.1, -0.05) is 0 Å². The third-order valence-corrected chi connectivity index (χ3v) is 4.83. The second-order valence-electron chi connectivity index (χ2n) is 6.41. The zero-order chi connectivity index (χ0) is 17.6. The number of morpholine rings is 1. The molecule has 1 aliphatic carbocycles. The Bertz CT molecular complexity index is 442. The lowest BCUT2D eigenvalue weighted by atomic mass is 9.99. The number of rotatable bonds is 8. The molecule has 0 spiro atoms. The monoisotopic (exact) mass is 342 g/mol. The highest BCUT2D eigenvalue weighted by Crippen LogP contribution is 2.34. The predicted octanol–water partition coefficient (Wildman–Crippen LogP) is 2.44. The molecule has 0 N–H and O–H groups in total. The van der Waals surface area contributed by atoms with Crippen molar-refractivity contribution in [1.82, 2.24) is 4.90 Å². The topological polar surface area (TPSA) is 74.1 Å². The molecule has 138 valence electrons. The average Bonchev–Trinajstić information content (AvgIpc) is 3.02. The van der Waals surface area contributed by atoms with E-state index in [1.807, 2.05) is 26.8 Å². The Balaban J connectivity index is 2.33. The molecular weight excluding hydrogens is 312 g/mol. The molecule has 0 radical (unpaired) electrons. The Morgan fingerprint density at radius 3 is 2.46 bits per heavy atom. The summed E-state index contributed by atoms with van der Waals surface area (Å²) in [5, 5.41) is 11.4. The number of ether oxygens (including phenoxy) is 3. The number of nitro groups is 1. The maximum absolute atomic E-state index is 11.4. The van der Waals surface area contributed by atoms with Gasteiger partial charge in [0.15, 0.2) is 0 Å². The Kier molecular flexibility index (Phi) is 7.01. The molecule has 1 aliphatic heterocycles. The van der Waals surface area contributed by atoms with Crippen LogP contribution < -0.4 is 0 Å². The summed E-state index contributed by atoms with van der Waals surface area (Å²) in [4.78, 5) is 13.4. The summed E-state index contributed by atoms with van der Waals surface area (Å²) >= 11 is 0. The van der Waals surface area contributed by atoms with Crippen molar-refractivity contribution in [3.63, 3.8) is 0 Å². The standard InChI is InChI=1S/C17H30N2O5/c1-4-23-17(3,24-5-2)16(18-9-11-22-12-10-18)13-14-7-6-8-15(14)19(20)21/h13-15H,4-12H2,1-3H3/b16-13-. The van der Waals surface area contributed by atoms with Crippen LogP contribution in [0.2, 0.25) is 0 Å². The largest absolute Gasteiger partial charge is 0.378 e. The molecule has 1 saturated carbocycles. The summed E-state index contributed by atoms with van der Waals surface area (Å²) < 4.78 is 17.3. The lowest BCUT2D eigenvalue weighted by Gasteiger charge is -2.41. The van der Waals surface area contributed by atoms with Gasteiger partial charge in [-0.05, 0) is 39.7 Å². The summed E-state index contributed by atoms with van der Waals surface area (Å²) in [6, 6.07) is -0.506. The van der Waals surface area contributed by atoms with Gasteiger partial charge < -0.3 is 19.1 Å². The van der Waals surface area contributed by atoms with E-state index < -0.39 is 11.8 Å². The van der Waals surface area contributed by atoms with Crippen molar-refractivity contribution in [2.75, 3.05) is 39.5 Å². The highest BCUT2D eigenvalue weighted by Gasteiger charge is 2.40. The quantitative estimate of drug-likeness (QED) is 0.383. The molecular formula is C17H30N2O5. The van der Waals surface area contributed by atoms with Gasteiger partial charge in [-0.3, -0.25) is 10.1 Å². The van der Waals surface area contributed by atoms with Crippen LogP contribution in [0.15, 0.2) is 11.8 Å². The Hall–Kier alpha value is -1.18. The van der Waals surface area contributed by atoms with E-state index in [0.717, 1.165) is 31.6 Å². The summed E-state index contributed by atoms with van der Waals surface area (Å²) in [6.07, 6.45) is 4.42. The Morgan fingerprint density at radius 2 is 1.92 bits per heavy atom. The van der Waals surface area contributed by atoms with E-state index in [-0.39, 0.29) is 10.8 Å². The molecule has 0 aromatic heterocycles.